The first-order valence-electron chi connectivity index (χ1n) is 6.13. The van der Waals surface area contributed by atoms with Crippen LogP contribution in [0.15, 0.2) is 42.5 Å². The van der Waals surface area contributed by atoms with Crippen molar-refractivity contribution in [3.8, 4) is 5.75 Å². The molecule has 108 valence electrons. The third-order valence-electron chi connectivity index (χ3n) is 2.72. The van der Waals surface area contributed by atoms with Gasteiger partial charge in [-0.1, -0.05) is 17.7 Å². The fourth-order valence-corrected chi connectivity index (χ4v) is 1.61. The Labute approximate surface area is 120 Å². The topological polar surface area (TPSA) is 78.4 Å². The predicted octanol–water partition coefficient (Wildman–Crippen LogP) is 2.42. The summed E-state index contributed by atoms with van der Waals surface area (Å²) < 4.78 is 13.4. The van der Waals surface area contributed by atoms with Gasteiger partial charge in [-0.25, -0.2) is 4.39 Å². The summed E-state index contributed by atoms with van der Waals surface area (Å²) in [5.74, 6) is -3.01. The van der Waals surface area contributed by atoms with Crippen molar-refractivity contribution in [3.63, 3.8) is 0 Å². The summed E-state index contributed by atoms with van der Waals surface area (Å²) in [6.07, 6.45) is 0. The second kappa shape index (κ2) is 6.04. The molecule has 0 unspecified atom stereocenters. The lowest BCUT2D eigenvalue weighted by molar-refractivity contribution is -0.133. The second-order valence-corrected chi connectivity index (χ2v) is 4.44. The zero-order valence-corrected chi connectivity index (χ0v) is 11.2. The van der Waals surface area contributed by atoms with Crippen molar-refractivity contribution in [3.05, 3.63) is 53.8 Å². The van der Waals surface area contributed by atoms with Crippen molar-refractivity contribution in [1.29, 1.82) is 0 Å². The number of carbonyl (C=O) groups is 2. The van der Waals surface area contributed by atoms with E-state index in [0.717, 1.165) is 11.6 Å². The maximum atomic E-state index is 13.4. The number of anilines is 2. The molecule has 0 aliphatic carbocycles. The van der Waals surface area contributed by atoms with E-state index in [9.17, 15) is 14.0 Å². The molecular weight excluding hydrogens is 275 g/mol. The average Bonchev–Trinajstić information content (AvgIpc) is 2.44. The van der Waals surface area contributed by atoms with Gasteiger partial charge in [0.25, 0.3) is 0 Å². The largest absolute Gasteiger partial charge is 0.508 e. The van der Waals surface area contributed by atoms with Gasteiger partial charge in [-0.15, -0.1) is 0 Å². The molecule has 0 heterocycles. The SMILES string of the molecule is Cc1ccc(NC(=O)C(=O)Nc2ccc(O)cc2F)cc1. The van der Waals surface area contributed by atoms with Crippen LogP contribution in [0.3, 0.4) is 0 Å². The van der Waals surface area contributed by atoms with Gasteiger partial charge in [0.15, 0.2) is 0 Å². The molecule has 2 aromatic carbocycles. The van der Waals surface area contributed by atoms with E-state index in [0.29, 0.717) is 5.69 Å². The highest BCUT2D eigenvalue weighted by Crippen LogP contribution is 2.19. The molecular formula is C15H13FN2O3. The quantitative estimate of drug-likeness (QED) is 0.586. The Morgan fingerprint density at radius 3 is 2.24 bits per heavy atom. The highest BCUT2D eigenvalue weighted by Gasteiger charge is 2.16. The van der Waals surface area contributed by atoms with Crippen molar-refractivity contribution in [2.45, 2.75) is 6.92 Å². The fourth-order valence-electron chi connectivity index (χ4n) is 1.61. The predicted molar refractivity (Wildman–Crippen MR) is 76.5 cm³/mol. The van der Waals surface area contributed by atoms with Gasteiger partial charge in [0.1, 0.15) is 11.6 Å². The molecule has 2 rings (SSSR count). The molecule has 21 heavy (non-hydrogen) atoms. The van der Waals surface area contributed by atoms with Crippen LogP contribution in [-0.4, -0.2) is 16.9 Å². The molecule has 0 spiro atoms. The number of benzene rings is 2. The molecule has 0 bridgehead atoms. The van der Waals surface area contributed by atoms with Crippen LogP contribution in [0.1, 0.15) is 5.56 Å². The van der Waals surface area contributed by atoms with E-state index in [4.69, 9.17) is 5.11 Å². The zero-order chi connectivity index (χ0) is 15.4. The summed E-state index contributed by atoms with van der Waals surface area (Å²) in [7, 11) is 0. The minimum absolute atomic E-state index is 0.183. The first-order chi connectivity index (χ1) is 9.95. The summed E-state index contributed by atoms with van der Waals surface area (Å²) >= 11 is 0. The molecule has 0 aliphatic heterocycles. The smallest absolute Gasteiger partial charge is 0.314 e. The van der Waals surface area contributed by atoms with Gasteiger partial charge >= 0.3 is 11.8 Å². The maximum Gasteiger partial charge on any atom is 0.314 e. The third kappa shape index (κ3) is 3.79. The molecule has 0 saturated carbocycles. The van der Waals surface area contributed by atoms with Crippen LogP contribution >= 0.6 is 0 Å². The molecule has 2 aromatic rings. The molecule has 0 aromatic heterocycles. The van der Waals surface area contributed by atoms with Crippen molar-refractivity contribution in [2.75, 3.05) is 10.6 Å². The lowest BCUT2D eigenvalue weighted by atomic mass is 10.2. The standard InChI is InChI=1S/C15H13FN2O3/c1-9-2-4-10(5-3-9)17-14(20)15(21)18-13-7-6-11(19)8-12(13)16/h2-8,19H,1H3,(H,17,20)(H,18,21). The summed E-state index contributed by atoms with van der Waals surface area (Å²) in [6.45, 7) is 1.89. The van der Waals surface area contributed by atoms with Gasteiger partial charge in [-0.2, -0.15) is 0 Å². The lowest BCUT2D eigenvalue weighted by Crippen LogP contribution is -2.29. The number of phenols is 1. The average molecular weight is 288 g/mol. The first kappa shape index (κ1) is 14.5. The number of phenolic OH excluding ortho intramolecular Hbond substituents is 1. The highest BCUT2D eigenvalue weighted by atomic mass is 19.1. The number of aryl methyl sites for hydroxylation is 1. The number of halogens is 1. The Bertz CT molecular complexity index is 684. The highest BCUT2D eigenvalue weighted by molar-refractivity contribution is 6.43. The van der Waals surface area contributed by atoms with Crippen LogP contribution in [0.2, 0.25) is 0 Å². The number of hydrogen-bond donors (Lipinski definition) is 3. The molecule has 0 saturated heterocycles. The summed E-state index contributed by atoms with van der Waals surface area (Å²) in [6, 6.07) is 10.1. The molecule has 0 fully saturated rings. The van der Waals surface area contributed by atoms with E-state index >= 15 is 0 Å². The Hall–Kier alpha value is -2.89. The lowest BCUT2D eigenvalue weighted by Gasteiger charge is -2.07. The van der Waals surface area contributed by atoms with Gasteiger partial charge in [-0.05, 0) is 31.2 Å². The number of amides is 2. The molecule has 0 aliphatic rings. The van der Waals surface area contributed by atoms with Crippen LogP contribution in [0.5, 0.6) is 5.75 Å². The van der Waals surface area contributed by atoms with Gasteiger partial charge < -0.3 is 15.7 Å². The number of nitrogens with one attached hydrogen (secondary N) is 2. The molecule has 3 N–H and O–H groups in total. The summed E-state index contributed by atoms with van der Waals surface area (Å²) in [5.41, 5.74) is 1.30. The summed E-state index contributed by atoms with van der Waals surface area (Å²) in [4.78, 5) is 23.4. The van der Waals surface area contributed by atoms with Crippen molar-refractivity contribution < 1.29 is 19.1 Å². The van der Waals surface area contributed by atoms with E-state index < -0.39 is 17.6 Å². The van der Waals surface area contributed by atoms with Crippen LogP contribution in [-0.2, 0) is 9.59 Å². The van der Waals surface area contributed by atoms with Crippen LogP contribution < -0.4 is 10.6 Å². The Morgan fingerprint density at radius 1 is 1.00 bits per heavy atom. The van der Waals surface area contributed by atoms with Gasteiger partial charge in [-0.3, -0.25) is 9.59 Å². The number of hydrogen-bond acceptors (Lipinski definition) is 3. The second-order valence-electron chi connectivity index (χ2n) is 4.44. The number of carbonyl (C=O) groups excluding carboxylic acids is 2. The van der Waals surface area contributed by atoms with Gasteiger partial charge in [0, 0.05) is 11.8 Å². The van der Waals surface area contributed by atoms with Gasteiger partial charge in [0.2, 0.25) is 0 Å². The van der Waals surface area contributed by atoms with E-state index in [2.05, 4.69) is 10.6 Å². The molecule has 0 atom stereocenters. The van der Waals surface area contributed by atoms with Crippen LogP contribution in [0.25, 0.3) is 0 Å². The zero-order valence-electron chi connectivity index (χ0n) is 11.2. The fraction of sp³-hybridized carbons (Fsp3) is 0.0667. The van der Waals surface area contributed by atoms with Crippen molar-refractivity contribution in [2.24, 2.45) is 0 Å². The van der Waals surface area contributed by atoms with Crippen molar-refractivity contribution >= 4 is 23.2 Å². The normalized spacial score (nSPS) is 10.0. The van der Waals surface area contributed by atoms with E-state index in [1.54, 1.807) is 24.3 Å². The molecule has 0 radical (unpaired) electrons. The Morgan fingerprint density at radius 2 is 1.62 bits per heavy atom. The first-order valence-corrected chi connectivity index (χ1v) is 6.13. The van der Waals surface area contributed by atoms with E-state index in [1.807, 2.05) is 6.92 Å². The third-order valence-corrected chi connectivity index (χ3v) is 2.72. The molecule has 2 amide bonds. The van der Waals surface area contributed by atoms with Crippen molar-refractivity contribution in [1.82, 2.24) is 0 Å². The molecule has 5 nitrogen and oxygen atoms in total. The minimum Gasteiger partial charge on any atom is -0.508 e. The summed E-state index contributed by atoms with van der Waals surface area (Å²) in [5, 5.41) is 13.6. The minimum atomic E-state index is -1.000. The van der Waals surface area contributed by atoms with Gasteiger partial charge in [0.05, 0.1) is 5.69 Å². The Balaban J connectivity index is 2.02. The van der Waals surface area contributed by atoms with Crippen LogP contribution in [0.4, 0.5) is 15.8 Å². The number of aromatic hydroxyl groups is 1. The Kier molecular flexibility index (Phi) is 4.18. The van der Waals surface area contributed by atoms with Crippen LogP contribution in [0, 0.1) is 12.7 Å². The molecule has 6 heteroatoms. The van der Waals surface area contributed by atoms with E-state index in [-0.39, 0.29) is 11.4 Å². The monoisotopic (exact) mass is 288 g/mol. The van der Waals surface area contributed by atoms with E-state index in [1.165, 1.54) is 12.1 Å². The number of rotatable bonds is 2. The maximum absolute atomic E-state index is 13.4.